The highest BCUT2D eigenvalue weighted by Crippen LogP contribution is 2.21. The first-order valence-corrected chi connectivity index (χ1v) is 5.44. The number of aryl methyl sites for hydroxylation is 2. The van der Waals surface area contributed by atoms with Gasteiger partial charge >= 0.3 is 0 Å². The molecule has 0 spiro atoms. The molecule has 3 nitrogen and oxygen atoms in total. The van der Waals surface area contributed by atoms with Crippen LogP contribution in [0.4, 0.5) is 0 Å². The van der Waals surface area contributed by atoms with Crippen molar-refractivity contribution in [2.24, 2.45) is 5.73 Å². The fraction of sp³-hybridized carbons (Fsp3) is 0.308. The zero-order valence-corrected chi connectivity index (χ0v) is 9.99. The van der Waals surface area contributed by atoms with Crippen LogP contribution in [0.15, 0.2) is 24.5 Å². The molecule has 1 aromatic heterocycles. The highest BCUT2D eigenvalue weighted by molar-refractivity contribution is 5.49. The molecule has 2 N–H and O–H groups in total. The van der Waals surface area contributed by atoms with Gasteiger partial charge in [0, 0.05) is 12.2 Å². The third-order valence-corrected chi connectivity index (χ3v) is 3.03. The number of hydrogen-bond acceptors (Lipinski definition) is 2. The van der Waals surface area contributed by atoms with Gasteiger partial charge in [0.2, 0.25) is 0 Å². The van der Waals surface area contributed by atoms with Gasteiger partial charge in [-0.25, -0.2) is 4.98 Å². The molecule has 0 bridgehead atoms. The average Bonchev–Trinajstić information content (AvgIpc) is 2.60. The standard InChI is InChI=1S/C13H17N3/c1-9-5-4-6-12(7-14)13(9)16-8-15-10(2)11(16)3/h4-6,8H,7,14H2,1-3H3. The molecule has 3 heteroatoms. The van der Waals surface area contributed by atoms with Gasteiger partial charge in [-0.2, -0.15) is 0 Å². The number of rotatable bonds is 2. The maximum atomic E-state index is 5.78. The molecule has 0 unspecified atom stereocenters. The summed E-state index contributed by atoms with van der Waals surface area (Å²) in [6.45, 7) is 6.75. The van der Waals surface area contributed by atoms with Gasteiger partial charge in [-0.15, -0.1) is 0 Å². The summed E-state index contributed by atoms with van der Waals surface area (Å²) in [4.78, 5) is 4.33. The summed E-state index contributed by atoms with van der Waals surface area (Å²) < 4.78 is 2.12. The molecule has 0 amide bonds. The van der Waals surface area contributed by atoms with Crippen LogP contribution in [0.1, 0.15) is 22.5 Å². The van der Waals surface area contributed by atoms with Crippen molar-refractivity contribution >= 4 is 0 Å². The summed E-state index contributed by atoms with van der Waals surface area (Å²) >= 11 is 0. The van der Waals surface area contributed by atoms with Crippen molar-refractivity contribution in [1.82, 2.24) is 9.55 Å². The number of hydrogen-bond donors (Lipinski definition) is 1. The molecule has 0 atom stereocenters. The smallest absolute Gasteiger partial charge is 0.0997 e. The Labute approximate surface area is 95.9 Å². The van der Waals surface area contributed by atoms with E-state index >= 15 is 0 Å². The van der Waals surface area contributed by atoms with Crippen molar-refractivity contribution in [2.75, 3.05) is 0 Å². The zero-order valence-electron chi connectivity index (χ0n) is 9.99. The molecule has 2 rings (SSSR count). The summed E-state index contributed by atoms with van der Waals surface area (Å²) in [7, 11) is 0. The maximum absolute atomic E-state index is 5.78. The van der Waals surface area contributed by atoms with Gasteiger partial charge in [-0.1, -0.05) is 18.2 Å². The second-order valence-corrected chi connectivity index (χ2v) is 4.07. The van der Waals surface area contributed by atoms with Crippen LogP contribution >= 0.6 is 0 Å². The Hall–Kier alpha value is -1.61. The number of nitrogens with two attached hydrogens (primary N) is 1. The summed E-state index contributed by atoms with van der Waals surface area (Å²) in [6, 6.07) is 6.21. The largest absolute Gasteiger partial charge is 0.326 e. The van der Waals surface area contributed by atoms with Crippen LogP contribution in [0.3, 0.4) is 0 Å². The summed E-state index contributed by atoms with van der Waals surface area (Å²) in [5, 5.41) is 0. The van der Waals surface area contributed by atoms with Crippen molar-refractivity contribution in [1.29, 1.82) is 0 Å². The minimum absolute atomic E-state index is 0.549. The van der Waals surface area contributed by atoms with Gasteiger partial charge in [0.1, 0.15) is 0 Å². The summed E-state index contributed by atoms with van der Waals surface area (Å²) in [6.07, 6.45) is 1.87. The Morgan fingerprint density at radius 1 is 1.25 bits per heavy atom. The van der Waals surface area contributed by atoms with E-state index in [1.165, 1.54) is 16.9 Å². The molecular formula is C13H17N3. The van der Waals surface area contributed by atoms with Crippen LogP contribution in [0, 0.1) is 20.8 Å². The Morgan fingerprint density at radius 2 is 2.00 bits per heavy atom. The molecule has 0 fully saturated rings. The molecule has 0 radical (unpaired) electrons. The number of benzene rings is 1. The third kappa shape index (κ3) is 1.63. The van der Waals surface area contributed by atoms with Gasteiger partial charge in [-0.05, 0) is 31.9 Å². The first kappa shape index (κ1) is 10.9. The highest BCUT2D eigenvalue weighted by atomic mass is 15.1. The second kappa shape index (κ2) is 4.10. The topological polar surface area (TPSA) is 43.8 Å². The van der Waals surface area contributed by atoms with Crippen LogP contribution in [0.5, 0.6) is 0 Å². The lowest BCUT2D eigenvalue weighted by Gasteiger charge is -2.13. The van der Waals surface area contributed by atoms with E-state index in [9.17, 15) is 0 Å². The van der Waals surface area contributed by atoms with Gasteiger partial charge < -0.3 is 10.3 Å². The fourth-order valence-corrected chi connectivity index (χ4v) is 1.95. The Morgan fingerprint density at radius 3 is 2.56 bits per heavy atom. The second-order valence-electron chi connectivity index (χ2n) is 4.07. The third-order valence-electron chi connectivity index (χ3n) is 3.03. The molecule has 16 heavy (non-hydrogen) atoms. The van der Waals surface area contributed by atoms with Gasteiger partial charge in [0.05, 0.1) is 17.7 Å². The van der Waals surface area contributed by atoms with Crippen molar-refractivity contribution in [2.45, 2.75) is 27.3 Å². The lowest BCUT2D eigenvalue weighted by Crippen LogP contribution is -2.07. The van der Waals surface area contributed by atoms with Gasteiger partial charge in [-0.3, -0.25) is 0 Å². The summed E-state index contributed by atoms with van der Waals surface area (Å²) in [5.74, 6) is 0. The molecule has 0 aliphatic heterocycles. The predicted molar refractivity (Wildman–Crippen MR) is 65.7 cm³/mol. The first-order chi connectivity index (χ1) is 7.65. The Kier molecular flexibility index (Phi) is 2.79. The maximum Gasteiger partial charge on any atom is 0.0997 e. The first-order valence-electron chi connectivity index (χ1n) is 5.44. The number of imidazole rings is 1. The van der Waals surface area contributed by atoms with E-state index in [2.05, 4.69) is 35.5 Å². The minimum Gasteiger partial charge on any atom is -0.326 e. The van der Waals surface area contributed by atoms with E-state index in [1.807, 2.05) is 19.3 Å². The highest BCUT2D eigenvalue weighted by Gasteiger charge is 2.10. The van der Waals surface area contributed by atoms with E-state index in [1.54, 1.807) is 0 Å². The molecular weight excluding hydrogens is 198 g/mol. The molecule has 0 saturated carbocycles. The van der Waals surface area contributed by atoms with Gasteiger partial charge in [0.15, 0.2) is 0 Å². The zero-order chi connectivity index (χ0) is 11.7. The van der Waals surface area contributed by atoms with E-state index in [-0.39, 0.29) is 0 Å². The minimum atomic E-state index is 0.549. The molecule has 84 valence electrons. The SMILES string of the molecule is Cc1cccc(CN)c1-n1cnc(C)c1C. The quantitative estimate of drug-likeness (QED) is 0.835. The van der Waals surface area contributed by atoms with Crippen LogP contribution in [-0.4, -0.2) is 9.55 Å². The van der Waals surface area contributed by atoms with Crippen molar-refractivity contribution in [3.8, 4) is 5.69 Å². The van der Waals surface area contributed by atoms with Crippen molar-refractivity contribution < 1.29 is 0 Å². The molecule has 0 saturated heterocycles. The van der Waals surface area contributed by atoms with E-state index in [0.29, 0.717) is 6.54 Å². The van der Waals surface area contributed by atoms with E-state index < -0.39 is 0 Å². The lowest BCUT2D eigenvalue weighted by molar-refractivity contribution is 0.940. The number of nitrogens with zero attached hydrogens (tertiary/aromatic N) is 2. The molecule has 2 aromatic rings. The summed E-state index contributed by atoms with van der Waals surface area (Å²) in [5.41, 5.74) is 11.6. The lowest BCUT2D eigenvalue weighted by atomic mass is 10.1. The van der Waals surface area contributed by atoms with Gasteiger partial charge in [0.25, 0.3) is 0 Å². The van der Waals surface area contributed by atoms with Crippen LogP contribution in [0.25, 0.3) is 5.69 Å². The van der Waals surface area contributed by atoms with Crippen LogP contribution in [-0.2, 0) is 6.54 Å². The Bertz CT molecular complexity index is 512. The fourth-order valence-electron chi connectivity index (χ4n) is 1.95. The number of para-hydroxylation sites is 1. The van der Waals surface area contributed by atoms with E-state index in [0.717, 1.165) is 11.3 Å². The monoisotopic (exact) mass is 215 g/mol. The molecule has 1 aromatic carbocycles. The van der Waals surface area contributed by atoms with Crippen molar-refractivity contribution in [3.05, 3.63) is 47.0 Å². The predicted octanol–water partition coefficient (Wildman–Crippen LogP) is 2.26. The Balaban J connectivity index is 2.68. The van der Waals surface area contributed by atoms with E-state index in [4.69, 9.17) is 5.73 Å². The van der Waals surface area contributed by atoms with Crippen molar-refractivity contribution in [3.63, 3.8) is 0 Å². The van der Waals surface area contributed by atoms with Crippen LogP contribution in [0.2, 0.25) is 0 Å². The molecule has 1 heterocycles. The molecule has 0 aliphatic rings. The normalized spacial score (nSPS) is 10.8. The van der Waals surface area contributed by atoms with Crippen LogP contribution < -0.4 is 5.73 Å². The number of aromatic nitrogens is 2. The average molecular weight is 215 g/mol. The molecule has 0 aliphatic carbocycles.